The normalized spacial score (nSPS) is 17.8. The first kappa shape index (κ1) is 23.7. The van der Waals surface area contributed by atoms with E-state index in [1.54, 1.807) is 0 Å². The van der Waals surface area contributed by atoms with Crippen LogP contribution in [-0.2, 0) is 8.85 Å². The molecule has 0 bridgehead atoms. The molecular formula is C20H40O2Si2. The standard InChI is InChI=1S/C20H40O2Si2/c1-14-17(21-23(10,11)19(4,5)6)16(3)18(15-2)22-24(12,13)20(7,8)9/h1,15-18H,2H2,3-13H3/t16-,17+,18-/m1/s1. The summed E-state index contributed by atoms with van der Waals surface area (Å²) in [5.74, 6) is 2.95. The second-order valence-corrected chi connectivity index (χ2v) is 19.4. The first-order chi connectivity index (χ1) is 10.5. The minimum Gasteiger partial charge on any atom is -0.410 e. The average molecular weight is 369 g/mol. The summed E-state index contributed by atoms with van der Waals surface area (Å²) in [7, 11) is -3.82. The summed E-state index contributed by atoms with van der Waals surface area (Å²) in [5, 5.41) is 0.283. The molecule has 0 aromatic heterocycles. The van der Waals surface area contributed by atoms with Crippen molar-refractivity contribution in [2.75, 3.05) is 0 Å². The van der Waals surface area contributed by atoms with Crippen LogP contribution in [0.1, 0.15) is 48.5 Å². The molecule has 24 heavy (non-hydrogen) atoms. The van der Waals surface area contributed by atoms with Crippen molar-refractivity contribution >= 4 is 16.6 Å². The third-order valence-electron chi connectivity index (χ3n) is 5.86. The van der Waals surface area contributed by atoms with E-state index in [2.05, 4.69) is 87.2 Å². The lowest BCUT2D eigenvalue weighted by Gasteiger charge is -2.43. The molecule has 0 heterocycles. The Bertz CT molecular complexity index is 462. The summed E-state index contributed by atoms with van der Waals surface area (Å²) in [4.78, 5) is 0. The smallest absolute Gasteiger partial charge is 0.193 e. The summed E-state index contributed by atoms with van der Waals surface area (Å²) < 4.78 is 13.0. The van der Waals surface area contributed by atoms with E-state index < -0.39 is 16.6 Å². The largest absolute Gasteiger partial charge is 0.410 e. The minimum absolute atomic E-state index is 0.0794. The second-order valence-electron chi connectivity index (χ2n) is 9.90. The van der Waals surface area contributed by atoms with Crippen LogP contribution in [0.4, 0.5) is 0 Å². The molecule has 0 saturated carbocycles. The fourth-order valence-electron chi connectivity index (χ4n) is 1.85. The predicted molar refractivity (Wildman–Crippen MR) is 112 cm³/mol. The summed E-state index contributed by atoms with van der Waals surface area (Å²) in [6.45, 7) is 28.5. The van der Waals surface area contributed by atoms with Gasteiger partial charge in [-0.2, -0.15) is 0 Å². The molecule has 0 N–H and O–H groups in total. The van der Waals surface area contributed by atoms with E-state index in [0.29, 0.717) is 0 Å². The number of hydrogen-bond acceptors (Lipinski definition) is 2. The van der Waals surface area contributed by atoms with Gasteiger partial charge >= 0.3 is 0 Å². The van der Waals surface area contributed by atoms with E-state index in [1.165, 1.54) is 0 Å². The maximum Gasteiger partial charge on any atom is 0.193 e. The monoisotopic (exact) mass is 368 g/mol. The molecule has 0 spiro atoms. The van der Waals surface area contributed by atoms with Crippen molar-refractivity contribution in [3.8, 4) is 12.3 Å². The molecule has 4 heteroatoms. The van der Waals surface area contributed by atoms with E-state index >= 15 is 0 Å². The van der Waals surface area contributed by atoms with Gasteiger partial charge in [-0.3, -0.25) is 0 Å². The molecule has 3 atom stereocenters. The van der Waals surface area contributed by atoms with Crippen molar-refractivity contribution in [2.45, 2.75) is 96.9 Å². The van der Waals surface area contributed by atoms with Gasteiger partial charge in [-0.1, -0.05) is 60.5 Å². The molecule has 0 aromatic rings. The first-order valence-corrected chi connectivity index (χ1v) is 14.8. The molecule has 0 fully saturated rings. The molecule has 0 aliphatic heterocycles. The zero-order valence-corrected chi connectivity index (χ0v) is 19.9. The average Bonchev–Trinajstić information content (AvgIpc) is 2.38. The maximum absolute atomic E-state index is 6.56. The van der Waals surface area contributed by atoms with Gasteiger partial charge in [-0.15, -0.1) is 13.0 Å². The van der Waals surface area contributed by atoms with Crippen LogP contribution in [0.3, 0.4) is 0 Å². The lowest BCUT2D eigenvalue weighted by Crippen LogP contribution is -2.49. The number of terminal acetylenes is 1. The highest BCUT2D eigenvalue weighted by atomic mass is 28.4. The molecule has 0 rings (SSSR count). The molecule has 0 aliphatic rings. The lowest BCUT2D eigenvalue weighted by molar-refractivity contribution is 0.0888. The Kier molecular flexibility index (Phi) is 7.79. The van der Waals surface area contributed by atoms with E-state index in [1.807, 2.05) is 6.08 Å². The van der Waals surface area contributed by atoms with Crippen molar-refractivity contribution in [2.24, 2.45) is 5.92 Å². The van der Waals surface area contributed by atoms with Gasteiger partial charge < -0.3 is 8.85 Å². The fourth-order valence-corrected chi connectivity index (χ4v) is 4.46. The molecule has 0 radical (unpaired) electrons. The van der Waals surface area contributed by atoms with Crippen LogP contribution < -0.4 is 0 Å². The first-order valence-electron chi connectivity index (χ1n) is 8.94. The van der Waals surface area contributed by atoms with Crippen molar-refractivity contribution in [1.29, 1.82) is 0 Å². The highest BCUT2D eigenvalue weighted by Gasteiger charge is 2.43. The van der Waals surface area contributed by atoms with Gasteiger partial charge in [-0.25, -0.2) is 0 Å². The van der Waals surface area contributed by atoms with Gasteiger partial charge in [0.25, 0.3) is 0 Å². The van der Waals surface area contributed by atoms with Crippen molar-refractivity contribution in [3.05, 3.63) is 12.7 Å². The van der Waals surface area contributed by atoms with Crippen LogP contribution in [0.2, 0.25) is 36.3 Å². The van der Waals surface area contributed by atoms with E-state index in [9.17, 15) is 0 Å². The van der Waals surface area contributed by atoms with E-state index in [0.717, 1.165) is 0 Å². The third-order valence-corrected chi connectivity index (χ3v) is 14.8. The van der Waals surface area contributed by atoms with E-state index in [-0.39, 0.29) is 28.2 Å². The van der Waals surface area contributed by atoms with Crippen molar-refractivity contribution in [1.82, 2.24) is 0 Å². The van der Waals surface area contributed by atoms with Gasteiger partial charge in [0.2, 0.25) is 0 Å². The van der Waals surface area contributed by atoms with Crippen molar-refractivity contribution in [3.63, 3.8) is 0 Å². The zero-order chi connectivity index (χ0) is 19.6. The second kappa shape index (κ2) is 7.91. The summed E-state index contributed by atoms with van der Waals surface area (Å²) >= 11 is 0. The molecule has 2 nitrogen and oxygen atoms in total. The Hall–Kier alpha value is -0.346. The quantitative estimate of drug-likeness (QED) is 0.301. The van der Waals surface area contributed by atoms with Gasteiger partial charge in [-0.05, 0) is 36.3 Å². The van der Waals surface area contributed by atoms with Gasteiger partial charge in [0.05, 0.1) is 6.10 Å². The van der Waals surface area contributed by atoms with Crippen molar-refractivity contribution < 1.29 is 8.85 Å². The summed E-state index contributed by atoms with van der Waals surface area (Å²) in [6.07, 6.45) is 7.39. The molecule has 0 saturated heterocycles. The van der Waals surface area contributed by atoms with Gasteiger partial charge in [0.1, 0.15) is 6.10 Å². The SMILES string of the molecule is C#C[C@H](O[Si](C)(C)C(C)(C)C)[C@@H](C)[C@@H](C=C)O[Si](C)(C)C(C)(C)C. The zero-order valence-electron chi connectivity index (χ0n) is 17.9. The summed E-state index contributed by atoms with van der Waals surface area (Å²) in [6, 6.07) is 0. The van der Waals surface area contributed by atoms with Crippen LogP contribution in [-0.4, -0.2) is 28.8 Å². The Morgan fingerprint density at radius 3 is 1.58 bits per heavy atom. The van der Waals surface area contributed by atoms with Gasteiger partial charge in [0, 0.05) is 5.92 Å². The minimum atomic E-state index is -1.93. The number of rotatable bonds is 7. The Morgan fingerprint density at radius 2 is 1.29 bits per heavy atom. The van der Waals surface area contributed by atoms with Crippen LogP contribution in [0.5, 0.6) is 0 Å². The van der Waals surface area contributed by atoms with Crippen LogP contribution in [0.15, 0.2) is 12.7 Å². The topological polar surface area (TPSA) is 18.5 Å². The Labute approximate surface area is 153 Å². The van der Waals surface area contributed by atoms with E-state index in [4.69, 9.17) is 15.3 Å². The molecule has 140 valence electrons. The highest BCUT2D eigenvalue weighted by Crippen LogP contribution is 2.40. The Balaban J connectivity index is 5.35. The molecule has 0 aromatic carbocycles. The van der Waals surface area contributed by atoms with Crippen LogP contribution in [0.25, 0.3) is 0 Å². The van der Waals surface area contributed by atoms with Crippen LogP contribution in [0, 0.1) is 18.3 Å². The molecule has 0 amide bonds. The number of hydrogen-bond donors (Lipinski definition) is 0. The predicted octanol–water partition coefficient (Wildman–Crippen LogP) is 6.22. The fraction of sp³-hybridized carbons (Fsp3) is 0.800. The highest BCUT2D eigenvalue weighted by molar-refractivity contribution is 6.74. The Morgan fingerprint density at radius 1 is 0.917 bits per heavy atom. The summed E-state index contributed by atoms with van der Waals surface area (Å²) in [5.41, 5.74) is 0. The molecular weight excluding hydrogens is 328 g/mol. The molecule has 0 unspecified atom stereocenters. The van der Waals surface area contributed by atoms with Crippen LogP contribution >= 0.6 is 0 Å². The lowest BCUT2D eigenvalue weighted by atomic mass is 9.99. The van der Waals surface area contributed by atoms with Gasteiger partial charge in [0.15, 0.2) is 16.6 Å². The molecule has 0 aliphatic carbocycles. The third kappa shape index (κ3) is 5.87. The maximum atomic E-state index is 6.56.